The van der Waals surface area contributed by atoms with Crippen LogP contribution in [0.25, 0.3) is 10.8 Å². The fourth-order valence-corrected chi connectivity index (χ4v) is 3.30. The van der Waals surface area contributed by atoms with Crippen LogP contribution >= 0.6 is 0 Å². The van der Waals surface area contributed by atoms with Crippen LogP contribution in [0, 0.1) is 0 Å². The maximum absolute atomic E-state index is 6.29. The molecule has 3 rings (SSSR count). The van der Waals surface area contributed by atoms with Crippen molar-refractivity contribution in [2.24, 2.45) is 10.7 Å². The lowest BCUT2D eigenvalue weighted by Gasteiger charge is -2.13. The number of methoxy groups -OCH3 is 3. The summed E-state index contributed by atoms with van der Waals surface area (Å²) in [4.78, 5) is 4.60. The van der Waals surface area contributed by atoms with Crippen molar-refractivity contribution in [2.75, 3.05) is 27.9 Å². The Morgan fingerprint density at radius 1 is 0.862 bits per heavy atom. The first-order chi connectivity index (χ1) is 14.0. The Kier molecular flexibility index (Phi) is 6.60. The zero-order valence-corrected chi connectivity index (χ0v) is 17.4. The van der Waals surface area contributed by atoms with Gasteiger partial charge in [-0.1, -0.05) is 37.3 Å². The fourth-order valence-electron chi connectivity index (χ4n) is 3.30. The normalized spacial score (nSPS) is 12.6. The van der Waals surface area contributed by atoms with Crippen LogP contribution in [0.3, 0.4) is 0 Å². The van der Waals surface area contributed by atoms with Gasteiger partial charge in [0.1, 0.15) is 11.6 Å². The van der Waals surface area contributed by atoms with Crippen molar-refractivity contribution in [3.63, 3.8) is 0 Å². The Bertz CT molecular complexity index is 1010. The van der Waals surface area contributed by atoms with Gasteiger partial charge in [-0.15, -0.1) is 0 Å². The van der Waals surface area contributed by atoms with E-state index in [4.69, 9.17) is 19.9 Å². The lowest BCUT2D eigenvalue weighted by molar-refractivity contribution is 0.354. The number of nitrogens with zero attached hydrogens (tertiary/aromatic N) is 1. The van der Waals surface area contributed by atoms with E-state index in [9.17, 15) is 0 Å². The lowest BCUT2D eigenvalue weighted by atomic mass is 9.97. The topological polar surface area (TPSA) is 66.1 Å². The van der Waals surface area contributed by atoms with Gasteiger partial charge >= 0.3 is 0 Å². The van der Waals surface area contributed by atoms with E-state index >= 15 is 0 Å². The summed E-state index contributed by atoms with van der Waals surface area (Å²) in [6.07, 6.45) is 0.783. The summed E-state index contributed by atoms with van der Waals surface area (Å²) in [5, 5.41) is 2.30. The highest BCUT2D eigenvalue weighted by Crippen LogP contribution is 2.28. The first kappa shape index (κ1) is 20.5. The Balaban J connectivity index is 1.68. The summed E-state index contributed by atoms with van der Waals surface area (Å²) in [5.41, 5.74) is 8.57. The molecule has 0 saturated carbocycles. The molecular formula is C24H28N2O3. The third kappa shape index (κ3) is 4.80. The van der Waals surface area contributed by atoms with Gasteiger partial charge in [0.15, 0.2) is 11.5 Å². The molecule has 3 aromatic rings. The molecule has 0 aliphatic carbocycles. The number of rotatable bonds is 8. The zero-order valence-electron chi connectivity index (χ0n) is 17.4. The van der Waals surface area contributed by atoms with Crippen LogP contribution in [-0.2, 0) is 6.42 Å². The Hall–Kier alpha value is -3.21. The molecule has 152 valence electrons. The molecule has 0 radical (unpaired) electrons. The number of hydrogen-bond acceptors (Lipinski definition) is 4. The predicted molar refractivity (Wildman–Crippen MR) is 119 cm³/mol. The Morgan fingerprint density at radius 3 is 2.31 bits per heavy atom. The van der Waals surface area contributed by atoms with Crippen LogP contribution in [0.2, 0.25) is 0 Å². The van der Waals surface area contributed by atoms with Crippen molar-refractivity contribution >= 4 is 16.6 Å². The summed E-state index contributed by atoms with van der Waals surface area (Å²) < 4.78 is 15.9. The van der Waals surface area contributed by atoms with Crippen LogP contribution in [0.5, 0.6) is 17.2 Å². The van der Waals surface area contributed by atoms with E-state index in [1.54, 1.807) is 21.3 Å². The Labute approximate surface area is 172 Å². The molecule has 5 heteroatoms. The molecule has 5 nitrogen and oxygen atoms in total. The van der Waals surface area contributed by atoms with Gasteiger partial charge in [0, 0.05) is 12.5 Å². The van der Waals surface area contributed by atoms with Crippen LogP contribution < -0.4 is 19.9 Å². The molecule has 0 aromatic heterocycles. The van der Waals surface area contributed by atoms with E-state index < -0.39 is 0 Å². The third-order valence-electron chi connectivity index (χ3n) is 5.16. The highest BCUT2D eigenvalue weighted by atomic mass is 16.5. The van der Waals surface area contributed by atoms with E-state index in [1.807, 2.05) is 30.3 Å². The van der Waals surface area contributed by atoms with Gasteiger partial charge < -0.3 is 19.9 Å². The summed E-state index contributed by atoms with van der Waals surface area (Å²) >= 11 is 0. The molecule has 3 aromatic carbocycles. The summed E-state index contributed by atoms with van der Waals surface area (Å²) in [5.74, 6) is 2.99. The van der Waals surface area contributed by atoms with Crippen LogP contribution in [0.4, 0.5) is 0 Å². The third-order valence-corrected chi connectivity index (χ3v) is 5.16. The number of benzene rings is 3. The minimum absolute atomic E-state index is 0.0481. The van der Waals surface area contributed by atoms with Gasteiger partial charge in [-0.3, -0.25) is 4.99 Å². The minimum Gasteiger partial charge on any atom is -0.497 e. The molecule has 0 fully saturated rings. The average Bonchev–Trinajstić information content (AvgIpc) is 2.77. The summed E-state index contributed by atoms with van der Waals surface area (Å²) in [6, 6.07) is 18.3. The molecule has 1 unspecified atom stereocenters. The van der Waals surface area contributed by atoms with E-state index in [0.717, 1.165) is 45.6 Å². The second-order valence-electron chi connectivity index (χ2n) is 6.94. The van der Waals surface area contributed by atoms with E-state index in [0.29, 0.717) is 12.4 Å². The van der Waals surface area contributed by atoms with Gasteiger partial charge in [-0.25, -0.2) is 0 Å². The van der Waals surface area contributed by atoms with Crippen LogP contribution in [0.15, 0.2) is 59.6 Å². The number of amidine groups is 1. The van der Waals surface area contributed by atoms with Crippen molar-refractivity contribution in [3.05, 3.63) is 65.7 Å². The second kappa shape index (κ2) is 9.32. The predicted octanol–water partition coefficient (Wildman–Crippen LogP) is 4.57. The van der Waals surface area contributed by atoms with E-state index in [1.165, 1.54) is 0 Å². The number of aliphatic imine (C=N–C) groups is 1. The molecular weight excluding hydrogens is 364 g/mol. The fraction of sp³-hybridized carbons (Fsp3) is 0.292. The van der Waals surface area contributed by atoms with Crippen molar-refractivity contribution in [2.45, 2.75) is 19.3 Å². The molecule has 0 bridgehead atoms. The molecule has 0 amide bonds. The quantitative estimate of drug-likeness (QED) is 0.450. The van der Waals surface area contributed by atoms with Crippen molar-refractivity contribution in [1.29, 1.82) is 0 Å². The van der Waals surface area contributed by atoms with E-state index in [2.05, 4.69) is 36.2 Å². The van der Waals surface area contributed by atoms with Crippen molar-refractivity contribution in [3.8, 4) is 17.2 Å². The number of hydrogen-bond donors (Lipinski definition) is 1. The van der Waals surface area contributed by atoms with E-state index in [-0.39, 0.29) is 5.92 Å². The molecule has 0 saturated heterocycles. The highest BCUT2D eigenvalue weighted by Gasteiger charge is 2.11. The van der Waals surface area contributed by atoms with Crippen molar-refractivity contribution < 1.29 is 14.2 Å². The smallest absolute Gasteiger partial charge is 0.160 e. The second-order valence-corrected chi connectivity index (χ2v) is 6.94. The maximum Gasteiger partial charge on any atom is 0.160 e. The van der Waals surface area contributed by atoms with Crippen LogP contribution in [0.1, 0.15) is 24.0 Å². The largest absolute Gasteiger partial charge is 0.497 e. The zero-order chi connectivity index (χ0) is 20.8. The number of fused-ring (bicyclic) bond motifs is 1. The standard InChI is InChI=1S/C24H28N2O3/c1-16(18-6-7-20-15-21(27-2)9-8-19(20)14-18)24(25)26-12-11-17-5-10-22(28-3)23(13-17)29-4/h5-10,13-16H,11-12H2,1-4H3,(H2,25,26). The van der Waals surface area contributed by atoms with Crippen LogP contribution in [-0.4, -0.2) is 33.7 Å². The molecule has 0 aliphatic rings. The first-order valence-electron chi connectivity index (χ1n) is 9.64. The van der Waals surface area contributed by atoms with Crippen molar-refractivity contribution in [1.82, 2.24) is 0 Å². The van der Waals surface area contributed by atoms with Gasteiger partial charge in [0.25, 0.3) is 0 Å². The average molecular weight is 392 g/mol. The lowest BCUT2D eigenvalue weighted by Crippen LogP contribution is -2.20. The SMILES string of the molecule is COc1ccc2cc(C(C)C(N)=NCCc3ccc(OC)c(OC)c3)ccc2c1. The minimum atomic E-state index is 0.0481. The molecule has 2 N–H and O–H groups in total. The highest BCUT2D eigenvalue weighted by molar-refractivity contribution is 5.90. The number of nitrogens with two attached hydrogens (primary N) is 1. The summed E-state index contributed by atoms with van der Waals surface area (Å²) in [6.45, 7) is 2.70. The molecule has 29 heavy (non-hydrogen) atoms. The summed E-state index contributed by atoms with van der Waals surface area (Å²) in [7, 11) is 4.95. The molecule has 1 atom stereocenters. The maximum atomic E-state index is 6.29. The molecule has 0 spiro atoms. The monoisotopic (exact) mass is 392 g/mol. The van der Waals surface area contributed by atoms with Gasteiger partial charge in [-0.2, -0.15) is 0 Å². The van der Waals surface area contributed by atoms with Gasteiger partial charge in [0.2, 0.25) is 0 Å². The molecule has 0 heterocycles. The molecule has 0 aliphatic heterocycles. The Morgan fingerprint density at radius 2 is 1.59 bits per heavy atom. The first-order valence-corrected chi connectivity index (χ1v) is 9.64. The number of ether oxygens (including phenoxy) is 3. The van der Waals surface area contributed by atoms with Gasteiger partial charge in [0.05, 0.1) is 21.3 Å². The van der Waals surface area contributed by atoms with Gasteiger partial charge in [-0.05, 0) is 52.6 Å².